The molecule has 0 heterocycles. The molecule has 0 atom stereocenters. The molecule has 0 radical (unpaired) electrons. The van der Waals surface area contributed by atoms with Gasteiger partial charge in [0.1, 0.15) is 0 Å². The summed E-state index contributed by atoms with van der Waals surface area (Å²) in [7, 11) is 0. The third-order valence-electron chi connectivity index (χ3n) is 3.51. The minimum Gasteiger partial charge on any atom is -0.0922 e. The zero-order valence-corrected chi connectivity index (χ0v) is 10.2. The zero-order valence-electron chi connectivity index (χ0n) is 8.62. The minimum atomic E-state index is 0.550. The number of hydrogen-bond donors (Lipinski definition) is 0. The van der Waals surface area contributed by atoms with Crippen LogP contribution in [0.2, 0.25) is 0 Å². The van der Waals surface area contributed by atoms with Gasteiger partial charge in [0, 0.05) is 5.33 Å². The van der Waals surface area contributed by atoms with Gasteiger partial charge in [-0.1, -0.05) is 49.5 Å². The summed E-state index contributed by atoms with van der Waals surface area (Å²) in [5.74, 6) is 0. The average Bonchev–Trinajstić information content (AvgIpc) is 1.97. The average molecular weight is 233 g/mol. The lowest BCUT2D eigenvalue weighted by atomic mass is 9.62. The van der Waals surface area contributed by atoms with Crippen molar-refractivity contribution in [3.63, 3.8) is 0 Å². The van der Waals surface area contributed by atoms with Crippen LogP contribution in [-0.4, -0.2) is 5.33 Å². The first-order valence-corrected chi connectivity index (χ1v) is 6.22. The fraction of sp³-hybridized carbons (Fsp3) is 1.00. The number of alkyl halides is 1. The van der Waals surface area contributed by atoms with Crippen LogP contribution in [0.1, 0.15) is 52.9 Å². The van der Waals surface area contributed by atoms with Gasteiger partial charge in [-0.05, 0) is 30.1 Å². The Morgan fingerprint density at radius 2 is 1.92 bits per heavy atom. The monoisotopic (exact) mass is 232 g/mol. The van der Waals surface area contributed by atoms with Crippen LogP contribution in [-0.2, 0) is 0 Å². The van der Waals surface area contributed by atoms with E-state index in [0.717, 1.165) is 0 Å². The van der Waals surface area contributed by atoms with Crippen LogP contribution in [0.3, 0.4) is 0 Å². The summed E-state index contributed by atoms with van der Waals surface area (Å²) in [6.07, 6.45) is 7.05. The molecular formula is C11H21Br. The number of rotatable bonds is 4. The number of hydrogen-bond acceptors (Lipinski definition) is 0. The van der Waals surface area contributed by atoms with E-state index in [-0.39, 0.29) is 0 Å². The van der Waals surface area contributed by atoms with Crippen molar-refractivity contribution >= 4 is 15.9 Å². The Morgan fingerprint density at radius 3 is 2.17 bits per heavy atom. The van der Waals surface area contributed by atoms with Crippen molar-refractivity contribution in [2.75, 3.05) is 5.33 Å². The Bertz CT molecular complexity index is 140. The van der Waals surface area contributed by atoms with Crippen molar-refractivity contribution in [3.05, 3.63) is 0 Å². The third kappa shape index (κ3) is 2.25. The van der Waals surface area contributed by atoms with Crippen LogP contribution in [0, 0.1) is 10.8 Å². The molecule has 0 aromatic heterocycles. The molecule has 0 aliphatic heterocycles. The van der Waals surface area contributed by atoms with Crippen LogP contribution in [0.15, 0.2) is 0 Å². The first kappa shape index (κ1) is 10.6. The van der Waals surface area contributed by atoms with E-state index in [1.807, 2.05) is 0 Å². The van der Waals surface area contributed by atoms with Crippen molar-refractivity contribution in [2.24, 2.45) is 10.8 Å². The van der Waals surface area contributed by atoms with Gasteiger partial charge in [0.2, 0.25) is 0 Å². The summed E-state index contributed by atoms with van der Waals surface area (Å²) in [5.41, 5.74) is 1.22. The molecule has 1 aliphatic carbocycles. The van der Waals surface area contributed by atoms with E-state index in [0.29, 0.717) is 10.8 Å². The summed E-state index contributed by atoms with van der Waals surface area (Å²) in [4.78, 5) is 0. The second kappa shape index (κ2) is 3.69. The van der Waals surface area contributed by atoms with E-state index < -0.39 is 0 Å². The molecular weight excluding hydrogens is 212 g/mol. The smallest absolute Gasteiger partial charge is 0.00881 e. The molecule has 12 heavy (non-hydrogen) atoms. The largest absolute Gasteiger partial charge is 0.0922 e. The van der Waals surface area contributed by atoms with Crippen molar-refractivity contribution in [3.8, 4) is 0 Å². The molecule has 0 nitrogen and oxygen atoms in total. The highest BCUT2D eigenvalue weighted by atomic mass is 79.9. The Labute approximate surface area is 85.3 Å². The van der Waals surface area contributed by atoms with E-state index in [1.54, 1.807) is 0 Å². The summed E-state index contributed by atoms with van der Waals surface area (Å²) in [5, 5.41) is 1.21. The van der Waals surface area contributed by atoms with Gasteiger partial charge < -0.3 is 0 Å². The number of halogens is 1. The minimum absolute atomic E-state index is 0.550. The van der Waals surface area contributed by atoms with Gasteiger partial charge in [0.15, 0.2) is 0 Å². The molecule has 0 unspecified atom stereocenters. The highest BCUT2D eigenvalue weighted by Gasteiger charge is 2.39. The fourth-order valence-corrected chi connectivity index (χ4v) is 2.93. The lowest BCUT2D eigenvalue weighted by Gasteiger charge is -2.45. The first-order valence-electron chi connectivity index (χ1n) is 5.10. The van der Waals surface area contributed by atoms with Crippen molar-refractivity contribution in [1.29, 1.82) is 0 Å². The van der Waals surface area contributed by atoms with Crippen LogP contribution in [0.5, 0.6) is 0 Å². The van der Waals surface area contributed by atoms with E-state index in [2.05, 4.69) is 36.7 Å². The van der Waals surface area contributed by atoms with Gasteiger partial charge >= 0.3 is 0 Å². The molecule has 1 saturated carbocycles. The van der Waals surface area contributed by atoms with Crippen molar-refractivity contribution < 1.29 is 0 Å². The molecule has 1 rings (SSSR count). The van der Waals surface area contributed by atoms with Gasteiger partial charge in [0.25, 0.3) is 0 Å². The van der Waals surface area contributed by atoms with Crippen LogP contribution >= 0.6 is 15.9 Å². The van der Waals surface area contributed by atoms with E-state index in [1.165, 1.54) is 37.4 Å². The molecule has 1 heteroatoms. The van der Waals surface area contributed by atoms with E-state index in [9.17, 15) is 0 Å². The van der Waals surface area contributed by atoms with Crippen LogP contribution in [0.25, 0.3) is 0 Å². The summed E-state index contributed by atoms with van der Waals surface area (Å²) >= 11 is 3.67. The summed E-state index contributed by atoms with van der Waals surface area (Å²) in [6, 6.07) is 0. The molecule has 72 valence electrons. The highest BCUT2D eigenvalue weighted by molar-refractivity contribution is 9.09. The standard InChI is InChI=1S/C11H21Br/c1-4-10(2,3)8-11(9-12)6-5-7-11/h4-9H2,1-3H3. The lowest BCUT2D eigenvalue weighted by molar-refractivity contribution is 0.0880. The van der Waals surface area contributed by atoms with E-state index >= 15 is 0 Å². The highest BCUT2D eigenvalue weighted by Crippen LogP contribution is 2.50. The molecule has 0 N–H and O–H groups in total. The SMILES string of the molecule is CCC(C)(C)CC1(CBr)CCC1. The maximum absolute atomic E-state index is 3.67. The molecule has 0 bridgehead atoms. The van der Waals surface area contributed by atoms with Gasteiger partial charge in [0.05, 0.1) is 0 Å². The predicted molar refractivity (Wildman–Crippen MR) is 58.8 cm³/mol. The zero-order chi connectivity index (χ0) is 9.24. The molecule has 0 amide bonds. The summed E-state index contributed by atoms with van der Waals surface area (Å²) < 4.78 is 0. The Hall–Kier alpha value is 0.480. The summed E-state index contributed by atoms with van der Waals surface area (Å²) in [6.45, 7) is 7.10. The van der Waals surface area contributed by atoms with Crippen LogP contribution in [0.4, 0.5) is 0 Å². The van der Waals surface area contributed by atoms with Crippen molar-refractivity contribution in [2.45, 2.75) is 52.9 Å². The maximum Gasteiger partial charge on any atom is 0.00881 e. The third-order valence-corrected chi connectivity index (χ3v) is 4.70. The molecule has 1 fully saturated rings. The van der Waals surface area contributed by atoms with Crippen LogP contribution < -0.4 is 0 Å². The molecule has 1 aliphatic rings. The fourth-order valence-electron chi connectivity index (χ4n) is 2.17. The molecule has 0 aromatic carbocycles. The lowest BCUT2D eigenvalue weighted by Crippen LogP contribution is -2.35. The topological polar surface area (TPSA) is 0 Å². The first-order chi connectivity index (χ1) is 5.54. The Kier molecular flexibility index (Phi) is 3.25. The molecule has 0 spiro atoms. The van der Waals surface area contributed by atoms with Crippen molar-refractivity contribution in [1.82, 2.24) is 0 Å². The normalized spacial score (nSPS) is 22.0. The maximum atomic E-state index is 3.67. The second-order valence-corrected chi connectivity index (χ2v) is 5.74. The van der Waals surface area contributed by atoms with E-state index in [4.69, 9.17) is 0 Å². The predicted octanol–water partition coefficient (Wildman–Crippen LogP) is 4.38. The second-order valence-electron chi connectivity index (χ2n) is 5.18. The molecule has 0 aromatic rings. The Balaban J connectivity index is 2.47. The van der Waals surface area contributed by atoms with Gasteiger partial charge in [-0.15, -0.1) is 0 Å². The van der Waals surface area contributed by atoms with Gasteiger partial charge in [-0.2, -0.15) is 0 Å². The van der Waals surface area contributed by atoms with Gasteiger partial charge in [-0.3, -0.25) is 0 Å². The van der Waals surface area contributed by atoms with Gasteiger partial charge in [-0.25, -0.2) is 0 Å². The molecule has 0 saturated heterocycles. The quantitative estimate of drug-likeness (QED) is 0.632. The Morgan fingerprint density at radius 1 is 1.33 bits per heavy atom.